The molecule has 0 amide bonds. The van der Waals surface area contributed by atoms with Crippen molar-refractivity contribution in [3.05, 3.63) is 65.0 Å². The first-order valence-corrected chi connectivity index (χ1v) is 13.8. The van der Waals surface area contributed by atoms with Crippen LogP contribution in [-0.2, 0) is 30.4 Å². The van der Waals surface area contributed by atoms with E-state index in [1.54, 1.807) is 0 Å². The monoisotopic (exact) mass is 531 g/mol. The van der Waals surface area contributed by atoms with E-state index >= 15 is 0 Å². The average Bonchev–Trinajstić information content (AvgIpc) is 3.56. The fourth-order valence-corrected chi connectivity index (χ4v) is 6.34. The number of nitrogens with zero attached hydrogens (tertiary/aromatic N) is 4. The van der Waals surface area contributed by atoms with E-state index in [0.717, 1.165) is 5.56 Å². The first kappa shape index (κ1) is 23.6. The molecule has 2 unspecified atom stereocenters. The van der Waals surface area contributed by atoms with Crippen molar-refractivity contribution in [2.45, 2.75) is 43.3 Å². The van der Waals surface area contributed by atoms with Gasteiger partial charge in [0.05, 0.1) is 12.9 Å². The molecule has 1 aromatic carbocycles. The lowest BCUT2D eigenvalue weighted by atomic mass is 9.83. The number of ketones is 1. The van der Waals surface area contributed by atoms with Crippen LogP contribution in [0, 0.1) is 0 Å². The highest BCUT2D eigenvalue weighted by molar-refractivity contribution is 8.07. The van der Waals surface area contributed by atoms with Gasteiger partial charge < -0.3 is 24.2 Å². The van der Waals surface area contributed by atoms with E-state index in [9.17, 15) is 19.6 Å². The zero-order valence-corrected chi connectivity index (χ0v) is 20.6. The molecule has 2 fully saturated rings. The van der Waals surface area contributed by atoms with E-state index in [0.29, 0.717) is 0 Å². The lowest BCUT2D eigenvalue weighted by Gasteiger charge is -2.36. The van der Waals surface area contributed by atoms with Gasteiger partial charge in [0.1, 0.15) is 17.9 Å². The molecular weight excluding hydrogens is 509 g/mol. The molecular formula is C22H22N5O7PS. The standard InChI is InChI=1S/C22H22N5O7PS/c1-12(13-5-3-2-4-6-13)9-15(28)22(30)17-14(10-32-35(31,36)34-17)33-20(22)27-11-24-16-18(27)25-21-23-7-8-26(21)19(16)29/h2-8,11-12,14,17,20,30H,9-10H2,1H3,(H,23,25)(H,31,36)/t12?,14-,17-,20-,22-,35?/m1/s1. The summed E-state index contributed by atoms with van der Waals surface area (Å²) >= 11 is 5.02. The SMILES string of the molecule is CC(CC(=O)[C@@]1(O)[C@@H]2OP(O)(=S)OC[C@H]2O[C@H]1n1cnc2c(=O)n3ccnc3[nH]c21)c1ccccc1. The predicted molar refractivity (Wildman–Crippen MR) is 130 cm³/mol. The summed E-state index contributed by atoms with van der Waals surface area (Å²) in [6, 6.07) is 9.42. The van der Waals surface area contributed by atoms with Gasteiger partial charge >= 0.3 is 6.72 Å². The minimum Gasteiger partial charge on any atom is -0.375 e. The molecule has 0 aliphatic carbocycles. The van der Waals surface area contributed by atoms with Crippen LogP contribution in [0.2, 0.25) is 0 Å². The third-order valence-corrected chi connectivity index (χ3v) is 8.29. The van der Waals surface area contributed by atoms with Gasteiger partial charge in [0, 0.05) is 18.8 Å². The van der Waals surface area contributed by atoms with Gasteiger partial charge in [0.15, 0.2) is 23.1 Å². The van der Waals surface area contributed by atoms with Crippen molar-refractivity contribution in [3.8, 4) is 0 Å². The van der Waals surface area contributed by atoms with Gasteiger partial charge in [-0.15, -0.1) is 0 Å². The maximum Gasteiger partial charge on any atom is 0.325 e. The van der Waals surface area contributed by atoms with Crippen molar-refractivity contribution in [2.24, 2.45) is 0 Å². The number of hydrogen-bond donors (Lipinski definition) is 3. The molecule has 0 spiro atoms. The third-order valence-electron chi connectivity index (χ3n) is 6.75. The highest BCUT2D eigenvalue weighted by Crippen LogP contribution is 2.56. The van der Waals surface area contributed by atoms with Crippen LogP contribution in [0.5, 0.6) is 0 Å². The molecule has 5 heterocycles. The summed E-state index contributed by atoms with van der Waals surface area (Å²) in [5.41, 5.74) is -1.51. The molecule has 12 nitrogen and oxygen atoms in total. The molecule has 0 saturated carbocycles. The Bertz CT molecular complexity index is 1590. The number of aliphatic hydroxyl groups is 1. The molecule has 36 heavy (non-hydrogen) atoms. The van der Waals surface area contributed by atoms with E-state index in [1.807, 2.05) is 37.3 Å². The minimum atomic E-state index is -3.71. The Morgan fingerprint density at radius 2 is 2.14 bits per heavy atom. The van der Waals surface area contributed by atoms with Crippen LogP contribution in [-0.4, -0.2) is 64.1 Å². The van der Waals surface area contributed by atoms with Crippen molar-refractivity contribution < 1.29 is 28.6 Å². The number of carbonyl (C=O) groups excluding carboxylic acids is 1. The third kappa shape index (κ3) is 3.58. The fraction of sp³-hybridized carbons (Fsp3) is 0.364. The van der Waals surface area contributed by atoms with E-state index in [-0.39, 0.29) is 35.9 Å². The molecule has 3 aromatic heterocycles. The number of aromatic nitrogens is 5. The summed E-state index contributed by atoms with van der Waals surface area (Å²) in [6.07, 6.45) is 0.672. The molecule has 188 valence electrons. The molecule has 3 N–H and O–H groups in total. The minimum absolute atomic E-state index is 0.0459. The molecule has 4 aromatic rings. The second-order valence-corrected chi connectivity index (χ2v) is 11.8. The van der Waals surface area contributed by atoms with Crippen LogP contribution in [0.15, 0.2) is 53.8 Å². The zero-order valence-electron chi connectivity index (χ0n) is 18.9. The number of Topliss-reactive ketones (excluding diaryl/α,β-unsaturated/α-hetero) is 1. The largest absolute Gasteiger partial charge is 0.375 e. The summed E-state index contributed by atoms with van der Waals surface area (Å²) in [4.78, 5) is 48.4. The smallest absolute Gasteiger partial charge is 0.325 e. The van der Waals surface area contributed by atoms with E-state index in [1.165, 1.54) is 27.7 Å². The number of nitrogens with one attached hydrogen (secondary N) is 1. The summed E-state index contributed by atoms with van der Waals surface area (Å²) in [5, 5.41) is 12.1. The number of ether oxygens (including phenoxy) is 1. The number of H-pyrrole nitrogens is 1. The normalized spacial score (nSPS) is 31.0. The van der Waals surface area contributed by atoms with Crippen LogP contribution in [0.1, 0.15) is 31.1 Å². The summed E-state index contributed by atoms with van der Waals surface area (Å²) in [7, 11) is 0. The molecule has 6 rings (SSSR count). The van der Waals surface area contributed by atoms with Gasteiger partial charge in [0.2, 0.25) is 5.78 Å². The zero-order chi connectivity index (χ0) is 25.2. The number of fused-ring (bicyclic) bond motifs is 3. The van der Waals surface area contributed by atoms with E-state index < -0.39 is 42.1 Å². The molecule has 2 saturated heterocycles. The van der Waals surface area contributed by atoms with Gasteiger partial charge in [-0.25, -0.2) is 14.4 Å². The van der Waals surface area contributed by atoms with Crippen molar-refractivity contribution in [3.63, 3.8) is 0 Å². The van der Waals surface area contributed by atoms with Gasteiger partial charge in [-0.2, -0.15) is 0 Å². The topological polar surface area (TPSA) is 153 Å². The number of aromatic amines is 1. The van der Waals surface area contributed by atoms with Gasteiger partial charge in [-0.3, -0.25) is 18.7 Å². The van der Waals surface area contributed by atoms with Crippen LogP contribution >= 0.6 is 6.72 Å². The maximum atomic E-state index is 13.8. The maximum absolute atomic E-state index is 13.8. The number of hydrogen-bond acceptors (Lipinski definition) is 9. The van der Waals surface area contributed by atoms with Gasteiger partial charge in [0.25, 0.3) is 5.56 Å². The Morgan fingerprint density at radius 1 is 1.36 bits per heavy atom. The molecule has 2 aliphatic heterocycles. The summed E-state index contributed by atoms with van der Waals surface area (Å²) in [6.45, 7) is -2.01. The molecule has 0 radical (unpaired) electrons. The first-order valence-electron chi connectivity index (χ1n) is 11.2. The quantitative estimate of drug-likeness (QED) is 0.322. The predicted octanol–water partition coefficient (Wildman–Crippen LogP) is 1.40. The first-order chi connectivity index (χ1) is 17.2. The lowest BCUT2D eigenvalue weighted by molar-refractivity contribution is -0.157. The number of imidazole rings is 2. The summed E-state index contributed by atoms with van der Waals surface area (Å²) in [5.74, 6) is -0.551. The van der Waals surface area contributed by atoms with Crippen molar-refractivity contribution in [2.75, 3.05) is 6.61 Å². The molecule has 14 heteroatoms. The molecule has 2 aliphatic rings. The van der Waals surface area contributed by atoms with Crippen molar-refractivity contribution in [1.29, 1.82) is 0 Å². The Balaban J connectivity index is 1.46. The average molecular weight is 531 g/mol. The van der Waals surface area contributed by atoms with Crippen LogP contribution in [0.3, 0.4) is 0 Å². The number of carbonyl (C=O) groups is 1. The van der Waals surface area contributed by atoms with Crippen molar-refractivity contribution >= 4 is 41.3 Å². The molecule has 6 atom stereocenters. The lowest BCUT2D eigenvalue weighted by Crippen LogP contribution is -2.55. The second kappa shape index (κ2) is 8.38. The van der Waals surface area contributed by atoms with E-state index in [2.05, 4.69) is 15.0 Å². The Kier molecular flexibility index (Phi) is 5.50. The fourth-order valence-electron chi connectivity index (χ4n) is 4.90. The summed E-state index contributed by atoms with van der Waals surface area (Å²) < 4.78 is 19.6. The van der Waals surface area contributed by atoms with Crippen molar-refractivity contribution in [1.82, 2.24) is 23.9 Å². The van der Waals surface area contributed by atoms with Crippen LogP contribution in [0.25, 0.3) is 16.9 Å². The van der Waals surface area contributed by atoms with E-state index in [4.69, 9.17) is 25.6 Å². The number of benzene rings is 1. The van der Waals surface area contributed by atoms with Crippen LogP contribution < -0.4 is 5.56 Å². The second-order valence-electron chi connectivity index (χ2n) is 8.98. The van der Waals surface area contributed by atoms with Gasteiger partial charge in [-0.1, -0.05) is 37.3 Å². The van der Waals surface area contributed by atoms with Crippen LogP contribution in [0.4, 0.5) is 0 Å². The highest BCUT2D eigenvalue weighted by atomic mass is 32.5. The van der Waals surface area contributed by atoms with Gasteiger partial charge in [-0.05, 0) is 23.3 Å². The Hall–Kier alpha value is -2.77. The highest BCUT2D eigenvalue weighted by Gasteiger charge is 2.64. The Labute approximate surface area is 208 Å². The Morgan fingerprint density at radius 3 is 2.92 bits per heavy atom. The number of rotatable bonds is 5. The molecule has 0 bridgehead atoms.